The zero-order valence-corrected chi connectivity index (χ0v) is 11.9. The molecule has 0 aliphatic carbocycles. The normalized spacial score (nSPS) is 21.6. The molecule has 0 unspecified atom stereocenters. The Kier molecular flexibility index (Phi) is 3.56. The highest BCUT2D eigenvalue weighted by atomic mass is 19.3. The number of urea groups is 1. The number of hydrogen-bond donors (Lipinski definition) is 1. The van der Waals surface area contributed by atoms with Gasteiger partial charge in [-0.2, -0.15) is 13.9 Å². The van der Waals surface area contributed by atoms with Crippen LogP contribution in [0.2, 0.25) is 0 Å². The highest BCUT2D eigenvalue weighted by Crippen LogP contribution is 2.39. The largest absolute Gasteiger partial charge is 0.333 e. The number of carbonyl (C=O) groups is 1. The number of anilines is 1. The molecule has 116 valence electrons. The molecule has 2 fully saturated rings. The predicted octanol–water partition coefficient (Wildman–Crippen LogP) is 1.98. The summed E-state index contributed by atoms with van der Waals surface area (Å²) in [4.78, 5) is 16.4. The Balaban J connectivity index is 1.62. The van der Waals surface area contributed by atoms with Crippen LogP contribution in [0.15, 0.2) is 12.4 Å². The Morgan fingerprint density at radius 2 is 2.00 bits per heavy atom. The number of nitrogens with one attached hydrogen (secondary N) is 1. The molecule has 6 nitrogen and oxygen atoms in total. The highest BCUT2D eigenvalue weighted by molar-refractivity contribution is 5.90. The lowest BCUT2D eigenvalue weighted by Gasteiger charge is -2.55. The maximum atomic E-state index is 12.4. The first-order valence-electron chi connectivity index (χ1n) is 7.10. The van der Waals surface area contributed by atoms with Gasteiger partial charge in [-0.25, -0.2) is 9.48 Å². The van der Waals surface area contributed by atoms with E-state index in [2.05, 4.69) is 22.4 Å². The number of alkyl halides is 2. The summed E-state index contributed by atoms with van der Waals surface area (Å²) >= 11 is 0. The summed E-state index contributed by atoms with van der Waals surface area (Å²) in [5.74, 6) is 0. The number of rotatable bonds is 2. The molecule has 1 N–H and O–H groups in total. The van der Waals surface area contributed by atoms with Gasteiger partial charge in [0.05, 0.1) is 18.1 Å². The summed E-state index contributed by atoms with van der Waals surface area (Å²) in [6.45, 7) is -0.0153. The predicted molar refractivity (Wildman–Crippen MR) is 73.3 cm³/mol. The first-order valence-corrected chi connectivity index (χ1v) is 7.10. The maximum absolute atomic E-state index is 12.4. The number of likely N-dealkylation sites (tertiary alicyclic amines) is 2. The van der Waals surface area contributed by atoms with E-state index in [1.54, 1.807) is 0 Å². The van der Waals surface area contributed by atoms with Crippen molar-refractivity contribution in [2.24, 2.45) is 0 Å². The topological polar surface area (TPSA) is 53.4 Å². The van der Waals surface area contributed by atoms with E-state index in [1.807, 2.05) is 4.90 Å². The lowest BCUT2D eigenvalue weighted by Crippen LogP contribution is -2.66. The molecule has 0 saturated carbocycles. The van der Waals surface area contributed by atoms with E-state index < -0.39 is 6.55 Å². The van der Waals surface area contributed by atoms with Crippen molar-refractivity contribution in [1.82, 2.24) is 19.6 Å². The molecule has 1 spiro atoms. The SMILES string of the molecule is CN1CCC2(CC1)CCN2C(=O)Nc1cnn(C(F)F)c1. The monoisotopic (exact) mass is 299 g/mol. The van der Waals surface area contributed by atoms with Gasteiger partial charge in [-0.05, 0) is 26.3 Å². The van der Waals surface area contributed by atoms with Gasteiger partial charge in [-0.1, -0.05) is 0 Å². The molecule has 0 atom stereocenters. The fourth-order valence-corrected chi connectivity index (χ4v) is 3.11. The molecule has 0 radical (unpaired) electrons. The summed E-state index contributed by atoms with van der Waals surface area (Å²) in [5, 5.41) is 6.17. The summed E-state index contributed by atoms with van der Waals surface area (Å²) in [5.41, 5.74) is 0.255. The molecule has 1 aromatic rings. The quantitative estimate of drug-likeness (QED) is 0.908. The maximum Gasteiger partial charge on any atom is 0.333 e. The first kappa shape index (κ1) is 14.2. The molecular weight excluding hydrogens is 280 g/mol. The Hall–Kier alpha value is -1.70. The molecule has 2 amide bonds. The number of carbonyl (C=O) groups excluding carboxylic acids is 1. The lowest BCUT2D eigenvalue weighted by molar-refractivity contribution is -0.0166. The number of piperidine rings is 1. The van der Waals surface area contributed by atoms with Crippen LogP contribution in [0.5, 0.6) is 0 Å². The van der Waals surface area contributed by atoms with E-state index in [4.69, 9.17) is 0 Å². The van der Waals surface area contributed by atoms with Gasteiger partial charge in [0.15, 0.2) is 0 Å². The van der Waals surface area contributed by atoms with Gasteiger partial charge < -0.3 is 15.1 Å². The first-order chi connectivity index (χ1) is 10.00. The number of hydrogen-bond acceptors (Lipinski definition) is 3. The van der Waals surface area contributed by atoms with Crippen molar-refractivity contribution < 1.29 is 13.6 Å². The summed E-state index contributed by atoms with van der Waals surface area (Å²) < 4.78 is 25.4. The molecule has 2 aliphatic rings. The van der Waals surface area contributed by atoms with Crippen LogP contribution in [0.4, 0.5) is 19.3 Å². The molecular formula is C13H19F2N5O. The molecule has 1 aromatic heterocycles. The minimum absolute atomic E-state index is 0.0463. The molecule has 0 bridgehead atoms. The Bertz CT molecular complexity index is 524. The minimum atomic E-state index is -2.69. The lowest BCUT2D eigenvalue weighted by atomic mass is 9.77. The fourth-order valence-electron chi connectivity index (χ4n) is 3.11. The molecule has 3 rings (SSSR count). The smallest absolute Gasteiger partial charge is 0.319 e. The zero-order valence-electron chi connectivity index (χ0n) is 11.9. The van der Waals surface area contributed by atoms with Gasteiger partial charge in [0.25, 0.3) is 0 Å². The second kappa shape index (κ2) is 5.25. The molecule has 2 saturated heterocycles. The van der Waals surface area contributed by atoms with Crippen molar-refractivity contribution in [2.75, 3.05) is 32.0 Å². The number of nitrogens with zero attached hydrogens (tertiary/aromatic N) is 4. The van der Waals surface area contributed by atoms with E-state index in [0.29, 0.717) is 10.4 Å². The third kappa shape index (κ3) is 2.59. The van der Waals surface area contributed by atoms with E-state index in [1.165, 1.54) is 6.20 Å². The molecule has 2 aliphatic heterocycles. The number of halogens is 2. The third-order valence-electron chi connectivity index (χ3n) is 4.59. The van der Waals surface area contributed by atoms with E-state index in [0.717, 1.165) is 45.1 Å². The van der Waals surface area contributed by atoms with Gasteiger partial charge in [0, 0.05) is 25.2 Å². The van der Waals surface area contributed by atoms with E-state index in [-0.39, 0.29) is 11.6 Å². The Morgan fingerprint density at radius 1 is 1.33 bits per heavy atom. The van der Waals surface area contributed by atoms with Crippen molar-refractivity contribution >= 4 is 11.7 Å². The van der Waals surface area contributed by atoms with Gasteiger partial charge in [0.2, 0.25) is 0 Å². The standard InChI is InChI=1S/C13H19F2N5O/c1-18-5-2-13(3-6-18)4-7-19(13)12(21)17-10-8-16-20(9-10)11(14)15/h8-9,11H,2-7H2,1H3,(H,17,21). The van der Waals surface area contributed by atoms with Gasteiger partial charge in [0.1, 0.15) is 0 Å². The Labute approximate surface area is 121 Å². The highest BCUT2D eigenvalue weighted by Gasteiger charge is 2.48. The van der Waals surface area contributed by atoms with Crippen LogP contribution in [0.25, 0.3) is 0 Å². The van der Waals surface area contributed by atoms with Crippen LogP contribution < -0.4 is 5.32 Å². The van der Waals surface area contributed by atoms with Crippen LogP contribution in [0.1, 0.15) is 25.8 Å². The molecule has 21 heavy (non-hydrogen) atoms. The van der Waals surface area contributed by atoms with Crippen molar-refractivity contribution in [1.29, 1.82) is 0 Å². The summed E-state index contributed by atoms with van der Waals surface area (Å²) in [6, 6.07) is -0.223. The van der Waals surface area contributed by atoms with Gasteiger partial charge in [-0.3, -0.25) is 0 Å². The Morgan fingerprint density at radius 3 is 2.52 bits per heavy atom. The molecule has 3 heterocycles. The van der Waals surface area contributed by atoms with Crippen LogP contribution in [0, 0.1) is 0 Å². The summed E-state index contributed by atoms with van der Waals surface area (Å²) in [7, 11) is 2.08. The van der Waals surface area contributed by atoms with Crippen LogP contribution >= 0.6 is 0 Å². The van der Waals surface area contributed by atoms with Gasteiger partial charge in [-0.15, -0.1) is 0 Å². The van der Waals surface area contributed by atoms with Crippen molar-refractivity contribution in [3.63, 3.8) is 0 Å². The second-order valence-corrected chi connectivity index (χ2v) is 5.85. The van der Waals surface area contributed by atoms with E-state index in [9.17, 15) is 13.6 Å². The van der Waals surface area contributed by atoms with Crippen molar-refractivity contribution in [3.8, 4) is 0 Å². The zero-order chi connectivity index (χ0) is 15.0. The summed E-state index contributed by atoms with van der Waals surface area (Å²) in [6.07, 6.45) is 5.33. The van der Waals surface area contributed by atoms with Crippen molar-refractivity contribution in [2.45, 2.75) is 31.4 Å². The molecule has 0 aromatic carbocycles. The average Bonchev–Trinajstić information content (AvgIpc) is 2.87. The molecule has 8 heteroatoms. The fraction of sp³-hybridized carbons (Fsp3) is 0.692. The minimum Gasteiger partial charge on any atom is -0.319 e. The van der Waals surface area contributed by atoms with E-state index >= 15 is 0 Å². The van der Waals surface area contributed by atoms with Crippen LogP contribution in [-0.2, 0) is 0 Å². The van der Waals surface area contributed by atoms with Crippen LogP contribution in [0.3, 0.4) is 0 Å². The average molecular weight is 299 g/mol. The number of amides is 2. The van der Waals surface area contributed by atoms with Crippen molar-refractivity contribution in [3.05, 3.63) is 12.4 Å². The van der Waals surface area contributed by atoms with Gasteiger partial charge >= 0.3 is 12.6 Å². The van der Waals surface area contributed by atoms with Crippen LogP contribution in [-0.4, -0.2) is 57.8 Å². The number of aromatic nitrogens is 2. The third-order valence-corrected chi connectivity index (χ3v) is 4.59. The second-order valence-electron chi connectivity index (χ2n) is 5.85.